The molecular weight excluding hydrogens is 338 g/mol. The molecule has 126 valence electrons. The first-order valence-corrected chi connectivity index (χ1v) is 9.32. The average Bonchev–Trinajstić information content (AvgIpc) is 2.56. The number of nitriles is 1. The molecule has 2 rings (SSSR count). The maximum absolute atomic E-state index is 12.6. The second kappa shape index (κ2) is 8.08. The van der Waals surface area contributed by atoms with E-state index in [0.29, 0.717) is 39.1 Å². The van der Waals surface area contributed by atoms with Crippen LogP contribution in [-0.2, 0) is 14.8 Å². The summed E-state index contributed by atoms with van der Waals surface area (Å²) in [5, 5.41) is 9.24. The number of halogens is 1. The summed E-state index contributed by atoms with van der Waals surface area (Å²) < 4.78 is 32.4. The monoisotopic (exact) mass is 357 g/mol. The largest absolute Gasteiger partial charge is 0.378 e. The maximum atomic E-state index is 12.6. The van der Waals surface area contributed by atoms with Crippen molar-refractivity contribution in [1.29, 1.82) is 5.26 Å². The number of rotatable bonds is 6. The second-order valence-electron chi connectivity index (χ2n) is 5.37. The van der Waals surface area contributed by atoms with E-state index in [2.05, 4.69) is 0 Å². The summed E-state index contributed by atoms with van der Waals surface area (Å²) in [5.41, 5.74) is 5.58. The molecule has 6 nitrogen and oxygen atoms in total. The van der Waals surface area contributed by atoms with E-state index in [0.717, 1.165) is 6.42 Å². The number of hydrogen-bond acceptors (Lipinski definition) is 5. The van der Waals surface area contributed by atoms with Gasteiger partial charge in [0.2, 0.25) is 10.0 Å². The molecule has 1 fully saturated rings. The van der Waals surface area contributed by atoms with Crippen LogP contribution < -0.4 is 5.73 Å². The Morgan fingerprint density at radius 2 is 2.09 bits per heavy atom. The molecule has 2 N–H and O–H groups in total. The molecule has 1 aliphatic rings. The van der Waals surface area contributed by atoms with Gasteiger partial charge in [-0.3, -0.25) is 0 Å². The van der Waals surface area contributed by atoms with Gasteiger partial charge in [-0.15, -0.1) is 0 Å². The number of benzene rings is 1. The molecule has 0 atom stereocenters. The third-order valence-corrected chi connectivity index (χ3v) is 6.02. The van der Waals surface area contributed by atoms with Crippen molar-refractivity contribution in [3.63, 3.8) is 0 Å². The molecule has 1 aromatic carbocycles. The van der Waals surface area contributed by atoms with Gasteiger partial charge >= 0.3 is 0 Å². The molecule has 0 bridgehead atoms. The van der Waals surface area contributed by atoms with Gasteiger partial charge in [-0.2, -0.15) is 9.57 Å². The zero-order valence-corrected chi connectivity index (χ0v) is 14.3. The van der Waals surface area contributed by atoms with Crippen LogP contribution >= 0.6 is 11.6 Å². The first-order chi connectivity index (χ1) is 11.0. The van der Waals surface area contributed by atoms with Crippen molar-refractivity contribution in [2.24, 2.45) is 5.73 Å². The Balaban J connectivity index is 2.03. The molecule has 0 unspecified atom stereocenters. The Kier molecular flexibility index (Phi) is 6.39. The van der Waals surface area contributed by atoms with Gasteiger partial charge < -0.3 is 10.5 Å². The van der Waals surface area contributed by atoms with Crippen LogP contribution in [0.1, 0.15) is 24.8 Å². The summed E-state index contributed by atoms with van der Waals surface area (Å²) >= 11 is 5.86. The van der Waals surface area contributed by atoms with Crippen molar-refractivity contribution >= 4 is 21.6 Å². The predicted molar refractivity (Wildman–Crippen MR) is 87.6 cm³/mol. The van der Waals surface area contributed by atoms with Crippen molar-refractivity contribution in [2.45, 2.75) is 30.3 Å². The highest BCUT2D eigenvalue weighted by molar-refractivity contribution is 7.89. The minimum atomic E-state index is -3.61. The molecule has 0 aromatic heterocycles. The second-order valence-corrected chi connectivity index (χ2v) is 7.72. The fraction of sp³-hybridized carbons (Fsp3) is 0.533. The molecular formula is C15H20ClN3O3S. The molecule has 1 aliphatic heterocycles. The highest BCUT2D eigenvalue weighted by Gasteiger charge is 2.30. The first kappa shape index (κ1) is 18.2. The Bertz CT molecular complexity index is 680. The van der Waals surface area contributed by atoms with Gasteiger partial charge in [0.1, 0.15) is 6.07 Å². The van der Waals surface area contributed by atoms with Gasteiger partial charge in [-0.25, -0.2) is 8.42 Å². The van der Waals surface area contributed by atoms with Crippen molar-refractivity contribution < 1.29 is 13.2 Å². The van der Waals surface area contributed by atoms with E-state index < -0.39 is 10.0 Å². The Morgan fingerprint density at radius 3 is 2.70 bits per heavy atom. The lowest BCUT2D eigenvalue weighted by atomic mass is 10.1. The average molecular weight is 358 g/mol. The lowest BCUT2D eigenvalue weighted by Crippen LogP contribution is -2.41. The zero-order chi connectivity index (χ0) is 16.9. The summed E-state index contributed by atoms with van der Waals surface area (Å²) in [7, 11) is -3.61. The summed E-state index contributed by atoms with van der Waals surface area (Å²) in [4.78, 5) is 0.0981. The maximum Gasteiger partial charge on any atom is 0.243 e. The number of nitrogens with two attached hydrogens (primary N) is 1. The SMILES string of the molecule is N#Cc1cc(S(=O)(=O)N2CCC(OCCCN)CC2)ccc1Cl. The van der Waals surface area contributed by atoms with Crippen molar-refractivity contribution in [3.05, 3.63) is 28.8 Å². The van der Waals surface area contributed by atoms with Gasteiger partial charge in [0.05, 0.1) is 21.6 Å². The van der Waals surface area contributed by atoms with Crippen LogP contribution in [0.3, 0.4) is 0 Å². The van der Waals surface area contributed by atoms with E-state index in [1.165, 1.54) is 22.5 Å². The van der Waals surface area contributed by atoms with Crippen LogP contribution in [0.25, 0.3) is 0 Å². The Labute approximate surface area is 141 Å². The van der Waals surface area contributed by atoms with Crippen molar-refractivity contribution in [3.8, 4) is 6.07 Å². The predicted octanol–water partition coefficient (Wildman–Crippen LogP) is 1.73. The number of ether oxygens (including phenoxy) is 1. The van der Waals surface area contributed by atoms with Crippen LogP contribution in [-0.4, -0.2) is 45.1 Å². The molecule has 1 heterocycles. The number of nitrogens with zero attached hydrogens (tertiary/aromatic N) is 2. The molecule has 23 heavy (non-hydrogen) atoms. The minimum absolute atomic E-state index is 0.0767. The highest BCUT2D eigenvalue weighted by atomic mass is 35.5. The first-order valence-electron chi connectivity index (χ1n) is 7.50. The van der Waals surface area contributed by atoms with Crippen LogP contribution in [0, 0.1) is 11.3 Å². The molecule has 0 saturated carbocycles. The van der Waals surface area contributed by atoms with E-state index >= 15 is 0 Å². The molecule has 1 aromatic rings. The van der Waals surface area contributed by atoms with E-state index in [1.807, 2.05) is 6.07 Å². The topological polar surface area (TPSA) is 96.4 Å². The fourth-order valence-electron chi connectivity index (χ4n) is 2.47. The van der Waals surface area contributed by atoms with Crippen LogP contribution in [0.5, 0.6) is 0 Å². The summed E-state index contributed by atoms with van der Waals surface area (Å²) in [6.07, 6.45) is 2.19. The normalized spacial score (nSPS) is 17.1. The Hall–Kier alpha value is -1.17. The lowest BCUT2D eigenvalue weighted by molar-refractivity contribution is 0.0209. The summed E-state index contributed by atoms with van der Waals surface area (Å²) in [5.74, 6) is 0. The number of sulfonamides is 1. The highest BCUT2D eigenvalue weighted by Crippen LogP contribution is 2.25. The quantitative estimate of drug-likeness (QED) is 0.782. The third kappa shape index (κ3) is 4.43. The standard InChI is InChI=1S/C15H20ClN3O3S/c16-15-3-2-14(10-12(15)11-18)23(20,21)19-7-4-13(5-8-19)22-9-1-6-17/h2-3,10,13H,1,4-9,17H2. The van der Waals surface area contributed by atoms with E-state index in [-0.39, 0.29) is 21.6 Å². The van der Waals surface area contributed by atoms with E-state index in [4.69, 9.17) is 27.3 Å². The molecule has 1 saturated heterocycles. The van der Waals surface area contributed by atoms with Crippen LogP contribution in [0.4, 0.5) is 0 Å². The van der Waals surface area contributed by atoms with Gasteiger partial charge in [-0.1, -0.05) is 11.6 Å². The summed E-state index contributed by atoms with van der Waals surface area (Å²) in [6.45, 7) is 2.00. The molecule has 0 aliphatic carbocycles. The zero-order valence-electron chi connectivity index (χ0n) is 12.7. The third-order valence-electron chi connectivity index (χ3n) is 3.80. The van der Waals surface area contributed by atoms with Crippen LogP contribution in [0.2, 0.25) is 5.02 Å². The molecule has 8 heteroatoms. The van der Waals surface area contributed by atoms with Gasteiger partial charge in [0, 0.05) is 19.7 Å². The number of piperidine rings is 1. The van der Waals surface area contributed by atoms with E-state index in [9.17, 15) is 8.42 Å². The van der Waals surface area contributed by atoms with E-state index in [1.54, 1.807) is 0 Å². The van der Waals surface area contributed by atoms with Gasteiger partial charge in [0.15, 0.2) is 0 Å². The molecule has 0 spiro atoms. The smallest absolute Gasteiger partial charge is 0.243 e. The minimum Gasteiger partial charge on any atom is -0.378 e. The fourth-order valence-corrected chi connectivity index (χ4v) is 4.13. The number of hydrogen-bond donors (Lipinski definition) is 1. The van der Waals surface area contributed by atoms with Crippen molar-refractivity contribution in [1.82, 2.24) is 4.31 Å². The summed E-state index contributed by atoms with van der Waals surface area (Å²) in [6, 6.07) is 6.10. The van der Waals surface area contributed by atoms with Gasteiger partial charge in [0.25, 0.3) is 0 Å². The molecule has 0 radical (unpaired) electrons. The van der Waals surface area contributed by atoms with Crippen LogP contribution in [0.15, 0.2) is 23.1 Å². The lowest BCUT2D eigenvalue weighted by Gasteiger charge is -2.31. The Morgan fingerprint density at radius 1 is 1.39 bits per heavy atom. The molecule has 0 amide bonds. The van der Waals surface area contributed by atoms with Crippen molar-refractivity contribution in [2.75, 3.05) is 26.2 Å². The van der Waals surface area contributed by atoms with Gasteiger partial charge in [-0.05, 0) is 44.0 Å².